The van der Waals surface area contributed by atoms with Gasteiger partial charge in [-0.3, -0.25) is 4.79 Å². The molecule has 1 aliphatic heterocycles. The number of amidine groups is 1. The van der Waals surface area contributed by atoms with Gasteiger partial charge in [-0.15, -0.1) is 4.40 Å². The standard InChI is InChI=1S/C18H18BrN3O3S/c1-22-11-3-6-17(22)21-26(24,25)16-9-7-15(8-10-16)20-18(23)13-4-2-5-14(19)12-13/h2,4-5,7-10,12H,3,6,11H2,1H3,(H,20,23). The number of hydrogen-bond donors (Lipinski definition) is 1. The van der Waals surface area contributed by atoms with Gasteiger partial charge >= 0.3 is 0 Å². The quantitative estimate of drug-likeness (QED) is 0.796. The van der Waals surface area contributed by atoms with Crippen LogP contribution in [0.25, 0.3) is 0 Å². The minimum absolute atomic E-state index is 0.103. The molecule has 0 aliphatic carbocycles. The summed E-state index contributed by atoms with van der Waals surface area (Å²) in [6.45, 7) is 0.814. The van der Waals surface area contributed by atoms with Gasteiger partial charge in [0.05, 0.1) is 4.90 Å². The van der Waals surface area contributed by atoms with Gasteiger partial charge in [-0.1, -0.05) is 22.0 Å². The van der Waals surface area contributed by atoms with E-state index in [0.717, 1.165) is 17.4 Å². The molecular weight excluding hydrogens is 418 g/mol. The lowest BCUT2D eigenvalue weighted by atomic mass is 10.2. The minimum atomic E-state index is -3.75. The van der Waals surface area contributed by atoms with E-state index in [1.165, 1.54) is 12.1 Å². The van der Waals surface area contributed by atoms with E-state index in [-0.39, 0.29) is 10.8 Å². The number of likely N-dealkylation sites (tertiary alicyclic amines) is 1. The lowest BCUT2D eigenvalue weighted by Crippen LogP contribution is -2.20. The fourth-order valence-corrected chi connectivity index (χ4v) is 4.14. The van der Waals surface area contributed by atoms with E-state index in [1.54, 1.807) is 30.3 Å². The van der Waals surface area contributed by atoms with Crippen LogP contribution in [0.1, 0.15) is 23.2 Å². The topological polar surface area (TPSA) is 78.8 Å². The number of anilines is 1. The average Bonchev–Trinajstić information content (AvgIpc) is 2.99. The van der Waals surface area contributed by atoms with Crippen molar-refractivity contribution in [3.63, 3.8) is 0 Å². The van der Waals surface area contributed by atoms with Gasteiger partial charge in [0.25, 0.3) is 15.9 Å². The first kappa shape index (κ1) is 18.6. The van der Waals surface area contributed by atoms with Gasteiger partial charge < -0.3 is 10.2 Å². The number of hydrogen-bond acceptors (Lipinski definition) is 3. The second-order valence-electron chi connectivity index (χ2n) is 6.00. The number of halogens is 1. The number of carbonyl (C=O) groups is 1. The first-order valence-corrected chi connectivity index (χ1v) is 10.3. The maximum Gasteiger partial charge on any atom is 0.283 e. The molecule has 0 bridgehead atoms. The second-order valence-corrected chi connectivity index (χ2v) is 8.52. The molecule has 1 N–H and O–H groups in total. The minimum Gasteiger partial charge on any atom is -0.362 e. The molecule has 136 valence electrons. The number of nitrogens with one attached hydrogen (secondary N) is 1. The van der Waals surface area contributed by atoms with Crippen LogP contribution < -0.4 is 5.32 Å². The lowest BCUT2D eigenvalue weighted by molar-refractivity contribution is 0.102. The largest absolute Gasteiger partial charge is 0.362 e. The summed E-state index contributed by atoms with van der Waals surface area (Å²) < 4.78 is 29.6. The predicted octanol–water partition coefficient (Wildman–Crippen LogP) is 3.51. The average molecular weight is 436 g/mol. The van der Waals surface area contributed by atoms with Crippen molar-refractivity contribution < 1.29 is 13.2 Å². The Bertz CT molecular complexity index is 956. The Labute approximate surface area is 161 Å². The molecule has 26 heavy (non-hydrogen) atoms. The van der Waals surface area contributed by atoms with Gasteiger partial charge in [0.1, 0.15) is 5.84 Å². The van der Waals surface area contributed by atoms with E-state index in [0.29, 0.717) is 23.5 Å². The molecule has 6 nitrogen and oxygen atoms in total. The van der Waals surface area contributed by atoms with Crippen LogP contribution in [0.4, 0.5) is 5.69 Å². The van der Waals surface area contributed by atoms with Gasteiger partial charge in [-0.25, -0.2) is 0 Å². The first-order chi connectivity index (χ1) is 12.3. The van der Waals surface area contributed by atoms with Crippen LogP contribution >= 0.6 is 15.9 Å². The Hall–Kier alpha value is -2.19. The van der Waals surface area contributed by atoms with Crippen molar-refractivity contribution in [3.8, 4) is 0 Å². The Morgan fingerprint density at radius 1 is 1.19 bits per heavy atom. The van der Waals surface area contributed by atoms with Crippen LogP contribution in [0, 0.1) is 0 Å². The fraction of sp³-hybridized carbons (Fsp3) is 0.222. The van der Waals surface area contributed by atoms with Crippen molar-refractivity contribution in [3.05, 3.63) is 58.6 Å². The first-order valence-electron chi connectivity index (χ1n) is 8.07. The van der Waals surface area contributed by atoms with Crippen molar-refractivity contribution in [1.82, 2.24) is 4.90 Å². The van der Waals surface area contributed by atoms with Crippen molar-refractivity contribution in [1.29, 1.82) is 0 Å². The maximum atomic E-state index is 12.4. The molecule has 0 spiro atoms. The van der Waals surface area contributed by atoms with Crippen LogP contribution in [0.15, 0.2) is 62.3 Å². The van der Waals surface area contributed by atoms with E-state index in [4.69, 9.17) is 0 Å². The van der Waals surface area contributed by atoms with Crippen molar-refractivity contribution >= 4 is 43.4 Å². The second kappa shape index (κ2) is 7.59. The monoisotopic (exact) mass is 435 g/mol. The van der Waals surface area contributed by atoms with Crippen LogP contribution in [0.2, 0.25) is 0 Å². The molecule has 0 saturated carbocycles. The summed E-state index contributed by atoms with van der Waals surface area (Å²) in [6.07, 6.45) is 1.57. The SMILES string of the molecule is CN1CCCC1=NS(=O)(=O)c1ccc(NC(=O)c2cccc(Br)c2)cc1. The molecule has 0 aromatic heterocycles. The highest BCUT2D eigenvalue weighted by Crippen LogP contribution is 2.20. The Kier molecular flexibility index (Phi) is 5.43. The normalized spacial score (nSPS) is 16.1. The number of rotatable bonds is 4. The number of carbonyl (C=O) groups excluding carboxylic acids is 1. The summed E-state index contributed by atoms with van der Waals surface area (Å²) in [5, 5.41) is 2.75. The predicted molar refractivity (Wildman–Crippen MR) is 105 cm³/mol. The smallest absolute Gasteiger partial charge is 0.283 e. The molecule has 8 heteroatoms. The zero-order valence-electron chi connectivity index (χ0n) is 14.1. The summed E-state index contributed by atoms with van der Waals surface area (Å²) in [5.41, 5.74) is 1.02. The van der Waals surface area contributed by atoms with Crippen LogP contribution in [-0.2, 0) is 10.0 Å². The molecule has 0 radical (unpaired) electrons. The Morgan fingerprint density at radius 2 is 1.92 bits per heavy atom. The molecule has 3 rings (SSSR count). The van der Waals surface area contributed by atoms with Gasteiger partial charge in [0.2, 0.25) is 0 Å². The molecule has 1 fully saturated rings. The molecular formula is C18H18BrN3O3S. The van der Waals surface area contributed by atoms with Crippen molar-refractivity contribution in [2.75, 3.05) is 18.9 Å². The van der Waals surface area contributed by atoms with Gasteiger partial charge in [0.15, 0.2) is 0 Å². The fourth-order valence-electron chi connectivity index (χ4n) is 2.64. The lowest BCUT2D eigenvalue weighted by Gasteiger charge is -2.11. The third-order valence-corrected chi connectivity index (χ3v) is 5.87. The maximum absolute atomic E-state index is 12.4. The molecule has 2 aromatic rings. The highest BCUT2D eigenvalue weighted by molar-refractivity contribution is 9.10. The molecule has 2 aromatic carbocycles. The molecule has 0 unspecified atom stereocenters. The number of sulfonamides is 1. The zero-order chi connectivity index (χ0) is 18.7. The molecule has 1 aliphatic rings. The number of amides is 1. The number of benzene rings is 2. The van der Waals surface area contributed by atoms with E-state index >= 15 is 0 Å². The summed E-state index contributed by atoms with van der Waals surface area (Å²) in [6, 6.07) is 13.0. The van der Waals surface area contributed by atoms with Crippen LogP contribution in [0.5, 0.6) is 0 Å². The summed E-state index contributed by atoms with van der Waals surface area (Å²) in [7, 11) is -1.92. The van der Waals surface area contributed by atoms with Crippen molar-refractivity contribution in [2.24, 2.45) is 4.40 Å². The highest BCUT2D eigenvalue weighted by atomic mass is 79.9. The molecule has 1 amide bonds. The summed E-state index contributed by atoms with van der Waals surface area (Å²) >= 11 is 3.32. The summed E-state index contributed by atoms with van der Waals surface area (Å²) in [5.74, 6) is 0.312. The Balaban J connectivity index is 1.75. The zero-order valence-corrected chi connectivity index (χ0v) is 16.5. The van der Waals surface area contributed by atoms with Crippen LogP contribution in [-0.4, -0.2) is 38.7 Å². The third kappa shape index (κ3) is 4.31. The van der Waals surface area contributed by atoms with Gasteiger partial charge in [0, 0.05) is 35.7 Å². The van der Waals surface area contributed by atoms with E-state index in [9.17, 15) is 13.2 Å². The van der Waals surface area contributed by atoms with E-state index < -0.39 is 10.0 Å². The molecule has 1 saturated heterocycles. The highest BCUT2D eigenvalue weighted by Gasteiger charge is 2.20. The number of nitrogens with zero attached hydrogens (tertiary/aromatic N) is 2. The van der Waals surface area contributed by atoms with Gasteiger partial charge in [-0.05, 0) is 48.9 Å². The molecule has 0 atom stereocenters. The van der Waals surface area contributed by atoms with E-state index in [1.807, 2.05) is 18.0 Å². The van der Waals surface area contributed by atoms with Gasteiger partial charge in [-0.2, -0.15) is 8.42 Å². The van der Waals surface area contributed by atoms with E-state index in [2.05, 4.69) is 25.6 Å². The Morgan fingerprint density at radius 3 is 2.54 bits per heavy atom. The summed E-state index contributed by atoms with van der Waals surface area (Å²) in [4.78, 5) is 14.2. The van der Waals surface area contributed by atoms with Crippen molar-refractivity contribution in [2.45, 2.75) is 17.7 Å². The molecule has 1 heterocycles. The third-order valence-electron chi connectivity index (χ3n) is 4.06. The van der Waals surface area contributed by atoms with Crippen LogP contribution in [0.3, 0.4) is 0 Å².